The number of amides is 2. The van der Waals surface area contributed by atoms with E-state index in [4.69, 9.17) is 21.1 Å². The SMILES string of the molecule is CCN(CC)S(=O)(=O)c1cc(C(=O)OCC(=O)NC(=O)c2ccc(OC)cc2)ccc1Cl. The normalized spacial score (nSPS) is 11.2. The zero-order valence-electron chi connectivity index (χ0n) is 17.8. The Morgan fingerprint density at radius 3 is 2.16 bits per heavy atom. The van der Waals surface area contributed by atoms with Gasteiger partial charge in [0.25, 0.3) is 11.8 Å². The predicted molar refractivity (Wildman–Crippen MR) is 117 cm³/mol. The van der Waals surface area contributed by atoms with E-state index in [0.29, 0.717) is 5.75 Å². The fourth-order valence-electron chi connectivity index (χ4n) is 2.72. The highest BCUT2D eigenvalue weighted by atomic mass is 35.5. The smallest absolute Gasteiger partial charge is 0.338 e. The second-order valence-electron chi connectivity index (χ2n) is 6.42. The molecule has 2 amide bonds. The van der Waals surface area contributed by atoms with Gasteiger partial charge in [-0.15, -0.1) is 0 Å². The first kappa shape index (κ1) is 25.3. The molecule has 2 rings (SSSR count). The summed E-state index contributed by atoms with van der Waals surface area (Å²) in [5, 5.41) is 2.05. The second-order valence-corrected chi connectivity index (χ2v) is 8.73. The first-order valence-corrected chi connectivity index (χ1v) is 11.4. The lowest BCUT2D eigenvalue weighted by atomic mass is 10.2. The average molecular weight is 483 g/mol. The van der Waals surface area contributed by atoms with E-state index in [-0.39, 0.29) is 34.1 Å². The van der Waals surface area contributed by atoms with Gasteiger partial charge in [-0.25, -0.2) is 13.2 Å². The van der Waals surface area contributed by atoms with Crippen LogP contribution in [0.5, 0.6) is 5.75 Å². The molecule has 0 fully saturated rings. The molecular weight excluding hydrogens is 460 g/mol. The molecule has 2 aromatic rings. The van der Waals surface area contributed by atoms with Crippen molar-refractivity contribution >= 4 is 39.4 Å². The largest absolute Gasteiger partial charge is 0.497 e. The molecule has 0 spiro atoms. The van der Waals surface area contributed by atoms with Crippen LogP contribution in [0, 0.1) is 0 Å². The summed E-state index contributed by atoms with van der Waals surface area (Å²) in [6.07, 6.45) is 0. The quantitative estimate of drug-likeness (QED) is 0.545. The number of rotatable bonds is 9. The standard InChI is InChI=1S/C21H23ClN2O7S/c1-4-24(5-2)32(28,29)18-12-15(8-11-17(18)22)21(27)31-13-19(25)23-20(26)14-6-9-16(30-3)10-7-14/h6-12H,4-5,13H2,1-3H3,(H,23,25,26). The van der Waals surface area contributed by atoms with Crippen LogP contribution in [0.1, 0.15) is 34.6 Å². The van der Waals surface area contributed by atoms with Crippen LogP contribution < -0.4 is 10.1 Å². The number of methoxy groups -OCH3 is 1. The molecule has 0 aliphatic heterocycles. The van der Waals surface area contributed by atoms with Crippen LogP contribution in [-0.2, 0) is 19.6 Å². The minimum Gasteiger partial charge on any atom is -0.497 e. The Bertz CT molecular complexity index is 1100. The van der Waals surface area contributed by atoms with Crippen LogP contribution in [0.15, 0.2) is 47.4 Å². The van der Waals surface area contributed by atoms with E-state index in [1.807, 2.05) is 0 Å². The zero-order chi connectivity index (χ0) is 23.9. The van der Waals surface area contributed by atoms with Crippen LogP contribution in [0.25, 0.3) is 0 Å². The van der Waals surface area contributed by atoms with E-state index in [1.54, 1.807) is 26.0 Å². The van der Waals surface area contributed by atoms with Gasteiger partial charge in [-0.1, -0.05) is 25.4 Å². The maximum atomic E-state index is 12.7. The lowest BCUT2D eigenvalue weighted by Crippen LogP contribution is -2.34. The van der Waals surface area contributed by atoms with E-state index in [2.05, 4.69) is 5.32 Å². The molecule has 32 heavy (non-hydrogen) atoms. The van der Waals surface area contributed by atoms with Crippen molar-refractivity contribution in [1.29, 1.82) is 0 Å². The molecule has 0 bridgehead atoms. The summed E-state index contributed by atoms with van der Waals surface area (Å²) in [5.74, 6) is -1.91. The van der Waals surface area contributed by atoms with Gasteiger partial charge in [0, 0.05) is 18.7 Å². The van der Waals surface area contributed by atoms with Gasteiger partial charge in [0.2, 0.25) is 10.0 Å². The summed E-state index contributed by atoms with van der Waals surface area (Å²) in [7, 11) is -2.43. The van der Waals surface area contributed by atoms with E-state index in [0.717, 1.165) is 6.07 Å². The summed E-state index contributed by atoms with van der Waals surface area (Å²) >= 11 is 6.04. The van der Waals surface area contributed by atoms with E-state index < -0.39 is 34.4 Å². The number of esters is 1. The Morgan fingerprint density at radius 2 is 1.59 bits per heavy atom. The Morgan fingerprint density at radius 1 is 1.00 bits per heavy atom. The molecule has 0 saturated carbocycles. The van der Waals surface area contributed by atoms with E-state index in [9.17, 15) is 22.8 Å². The van der Waals surface area contributed by atoms with Gasteiger partial charge in [0.05, 0.1) is 17.7 Å². The van der Waals surface area contributed by atoms with Crippen molar-refractivity contribution in [2.24, 2.45) is 0 Å². The molecule has 9 nitrogen and oxygen atoms in total. The summed E-state index contributed by atoms with van der Waals surface area (Å²) in [4.78, 5) is 36.1. The van der Waals surface area contributed by atoms with Gasteiger partial charge in [-0.3, -0.25) is 14.9 Å². The maximum Gasteiger partial charge on any atom is 0.338 e. The van der Waals surface area contributed by atoms with E-state index in [1.165, 1.54) is 35.7 Å². The number of hydrogen-bond acceptors (Lipinski definition) is 7. The number of benzene rings is 2. The van der Waals surface area contributed by atoms with Crippen molar-refractivity contribution in [3.05, 3.63) is 58.6 Å². The first-order valence-electron chi connectivity index (χ1n) is 9.59. The van der Waals surface area contributed by atoms with Crippen LogP contribution >= 0.6 is 11.6 Å². The lowest BCUT2D eigenvalue weighted by molar-refractivity contribution is -0.123. The van der Waals surface area contributed by atoms with Gasteiger partial charge >= 0.3 is 5.97 Å². The molecule has 1 N–H and O–H groups in total. The molecule has 0 aliphatic carbocycles. The monoisotopic (exact) mass is 482 g/mol. The molecule has 2 aromatic carbocycles. The molecule has 0 heterocycles. The van der Waals surface area contributed by atoms with Crippen molar-refractivity contribution in [2.45, 2.75) is 18.7 Å². The van der Waals surface area contributed by atoms with Gasteiger partial charge in [0.1, 0.15) is 10.6 Å². The Labute approximate surface area is 191 Å². The summed E-state index contributed by atoms with van der Waals surface area (Å²) < 4.78 is 36.6. The summed E-state index contributed by atoms with van der Waals surface area (Å²) in [6, 6.07) is 9.71. The molecule has 0 aromatic heterocycles. The van der Waals surface area contributed by atoms with Crippen LogP contribution in [0.2, 0.25) is 5.02 Å². The van der Waals surface area contributed by atoms with Gasteiger partial charge in [-0.05, 0) is 42.5 Å². The Kier molecular flexibility index (Phi) is 8.76. The molecule has 172 valence electrons. The minimum atomic E-state index is -3.91. The topological polar surface area (TPSA) is 119 Å². The molecule has 0 saturated heterocycles. The highest BCUT2D eigenvalue weighted by molar-refractivity contribution is 7.89. The van der Waals surface area contributed by atoms with Gasteiger partial charge in [-0.2, -0.15) is 4.31 Å². The highest BCUT2D eigenvalue weighted by Gasteiger charge is 2.26. The number of halogens is 1. The van der Waals surface area contributed by atoms with E-state index >= 15 is 0 Å². The number of nitrogens with one attached hydrogen (secondary N) is 1. The number of carbonyl (C=O) groups excluding carboxylic acids is 3. The molecule has 0 atom stereocenters. The maximum absolute atomic E-state index is 12.7. The van der Waals surface area contributed by atoms with Crippen LogP contribution in [-0.4, -0.2) is 57.3 Å². The summed E-state index contributed by atoms with van der Waals surface area (Å²) in [6.45, 7) is 3.08. The number of nitrogens with zero attached hydrogens (tertiary/aromatic N) is 1. The highest BCUT2D eigenvalue weighted by Crippen LogP contribution is 2.26. The molecule has 0 unspecified atom stereocenters. The van der Waals surface area contributed by atoms with Crippen LogP contribution in [0.4, 0.5) is 0 Å². The van der Waals surface area contributed by atoms with Crippen molar-refractivity contribution in [3.8, 4) is 5.75 Å². The first-order chi connectivity index (χ1) is 15.1. The molecule has 11 heteroatoms. The molecular formula is C21H23ClN2O7S. The van der Waals surface area contributed by atoms with Crippen molar-refractivity contribution in [2.75, 3.05) is 26.8 Å². The molecule has 0 radical (unpaired) electrons. The zero-order valence-corrected chi connectivity index (χ0v) is 19.3. The van der Waals surface area contributed by atoms with Gasteiger partial charge < -0.3 is 9.47 Å². The minimum absolute atomic E-state index is 0.0451. The number of sulfonamides is 1. The third kappa shape index (κ3) is 6.06. The number of imide groups is 1. The Hall–Kier alpha value is -2.95. The van der Waals surface area contributed by atoms with Crippen molar-refractivity contribution in [3.63, 3.8) is 0 Å². The second kappa shape index (κ2) is 11.1. The Balaban J connectivity index is 2.04. The number of hydrogen-bond donors (Lipinski definition) is 1. The predicted octanol–water partition coefficient (Wildman–Crippen LogP) is 2.49. The number of carbonyl (C=O) groups is 3. The fraction of sp³-hybridized carbons (Fsp3) is 0.286. The third-order valence-electron chi connectivity index (χ3n) is 4.43. The number of ether oxygens (including phenoxy) is 2. The summed E-state index contributed by atoms with van der Waals surface area (Å²) in [5.41, 5.74) is 0.115. The van der Waals surface area contributed by atoms with Gasteiger partial charge in [0.15, 0.2) is 6.61 Å². The molecule has 0 aliphatic rings. The van der Waals surface area contributed by atoms with Crippen molar-refractivity contribution in [1.82, 2.24) is 9.62 Å². The van der Waals surface area contributed by atoms with Crippen LogP contribution in [0.3, 0.4) is 0 Å². The fourth-order valence-corrected chi connectivity index (χ4v) is 4.68. The average Bonchev–Trinajstić information content (AvgIpc) is 2.78. The van der Waals surface area contributed by atoms with Crippen molar-refractivity contribution < 1.29 is 32.3 Å². The lowest BCUT2D eigenvalue weighted by Gasteiger charge is -2.19. The third-order valence-corrected chi connectivity index (χ3v) is 6.96.